The number of nitrogens with one attached hydrogen (secondary N) is 2. The number of aryl methyl sites for hydroxylation is 1. The first kappa shape index (κ1) is 25.1. The lowest BCUT2D eigenvalue weighted by atomic mass is 9.98. The van der Waals surface area contributed by atoms with E-state index in [1.54, 1.807) is 25.2 Å². The minimum atomic E-state index is -3.11. The molecule has 0 spiro atoms. The normalized spacial score (nSPS) is 24.8. The first-order chi connectivity index (χ1) is 18.1. The number of nitrogens with zero attached hydrogens (tertiary/aromatic N) is 4. The Morgan fingerprint density at radius 2 is 2.08 bits per heavy atom. The Balaban J connectivity index is 1.38. The van der Waals surface area contributed by atoms with Crippen LogP contribution < -0.4 is 25.8 Å². The Bertz CT molecular complexity index is 1450. The number of aliphatic hydroxyl groups excluding tert-OH is 1. The second-order valence-electron chi connectivity index (χ2n) is 10.7. The van der Waals surface area contributed by atoms with Gasteiger partial charge in [-0.15, -0.1) is 0 Å². The summed E-state index contributed by atoms with van der Waals surface area (Å²) in [5, 5.41) is 17.3. The van der Waals surface area contributed by atoms with Crippen molar-refractivity contribution in [1.29, 1.82) is 0 Å². The van der Waals surface area contributed by atoms with Crippen LogP contribution in [0.1, 0.15) is 26.2 Å². The number of rotatable bonds is 4. The third-order valence-electron chi connectivity index (χ3n) is 7.53. The summed E-state index contributed by atoms with van der Waals surface area (Å²) in [5.41, 5.74) is 0.958. The van der Waals surface area contributed by atoms with Crippen molar-refractivity contribution >= 4 is 45.6 Å². The van der Waals surface area contributed by atoms with Crippen LogP contribution in [0.4, 0.5) is 31.9 Å². The summed E-state index contributed by atoms with van der Waals surface area (Å²) in [4.78, 5) is 23.9. The molecule has 38 heavy (non-hydrogen) atoms. The zero-order valence-corrected chi connectivity index (χ0v) is 21.8. The maximum atomic E-state index is 14.9. The topological polar surface area (TPSA) is 105 Å². The van der Waals surface area contributed by atoms with Gasteiger partial charge in [0.1, 0.15) is 5.02 Å². The summed E-state index contributed by atoms with van der Waals surface area (Å²) in [6.45, 7) is 2.36. The van der Waals surface area contributed by atoms with E-state index >= 15 is 0 Å². The number of hydrogen-bond donors (Lipinski definition) is 3. The number of aromatic nitrogens is 3. The third-order valence-corrected chi connectivity index (χ3v) is 7.80. The van der Waals surface area contributed by atoms with Crippen molar-refractivity contribution in [2.75, 3.05) is 35.2 Å². The van der Waals surface area contributed by atoms with Gasteiger partial charge in [-0.25, -0.2) is 13.8 Å². The monoisotopic (exact) mass is 546 g/mol. The van der Waals surface area contributed by atoms with Gasteiger partial charge in [-0.1, -0.05) is 18.5 Å². The second-order valence-corrected chi connectivity index (χ2v) is 11.1. The molecule has 0 unspecified atom stereocenters. The Morgan fingerprint density at radius 1 is 1.29 bits per heavy atom. The molecule has 3 atom stereocenters. The molecule has 1 aromatic carbocycles. The molecule has 0 radical (unpaired) electrons. The molecule has 0 bridgehead atoms. The van der Waals surface area contributed by atoms with Crippen LogP contribution in [0.5, 0.6) is 5.75 Å². The van der Waals surface area contributed by atoms with Crippen LogP contribution in [-0.2, 0) is 7.05 Å². The van der Waals surface area contributed by atoms with E-state index in [1.807, 2.05) is 4.90 Å². The predicted molar refractivity (Wildman–Crippen MR) is 142 cm³/mol. The molecule has 2 aromatic heterocycles. The number of alkyl halides is 2. The number of hydrogen-bond acceptors (Lipinski definition) is 8. The molecule has 4 heterocycles. The highest BCUT2D eigenvalue weighted by atomic mass is 35.5. The maximum Gasteiger partial charge on any atom is 0.301 e. The Morgan fingerprint density at radius 3 is 2.82 bits per heavy atom. The van der Waals surface area contributed by atoms with Gasteiger partial charge in [0.25, 0.3) is 5.56 Å². The number of ether oxygens (including phenoxy) is 1. The number of pyridine rings is 1. The molecule has 12 heteroatoms. The average Bonchev–Trinajstić information content (AvgIpc) is 3.71. The molecule has 3 N–H and O–H groups in total. The van der Waals surface area contributed by atoms with Gasteiger partial charge in [-0.05, 0) is 49.3 Å². The van der Waals surface area contributed by atoms with Gasteiger partial charge >= 0.3 is 5.92 Å². The number of fused-ring (bicyclic) bond motifs is 3. The minimum Gasteiger partial charge on any atom is -0.480 e. The summed E-state index contributed by atoms with van der Waals surface area (Å²) < 4.78 is 36.7. The van der Waals surface area contributed by atoms with Gasteiger partial charge in [-0.2, -0.15) is 4.98 Å². The van der Waals surface area contributed by atoms with Crippen molar-refractivity contribution in [3.8, 4) is 5.75 Å². The highest BCUT2D eigenvalue weighted by Gasteiger charge is 2.51. The number of piperidine rings is 1. The van der Waals surface area contributed by atoms with Crippen LogP contribution in [0.15, 0.2) is 29.2 Å². The lowest BCUT2D eigenvalue weighted by Gasteiger charge is -2.34. The fourth-order valence-electron chi connectivity index (χ4n) is 5.50. The summed E-state index contributed by atoms with van der Waals surface area (Å²) in [6, 6.07) is 4.16. The highest BCUT2D eigenvalue weighted by Crippen LogP contribution is 2.45. The summed E-state index contributed by atoms with van der Waals surface area (Å²) in [6.07, 6.45) is 3.19. The zero-order valence-electron chi connectivity index (χ0n) is 21.0. The fourth-order valence-corrected chi connectivity index (χ4v) is 5.64. The van der Waals surface area contributed by atoms with Crippen LogP contribution in [-0.4, -0.2) is 57.4 Å². The molecule has 1 saturated heterocycles. The van der Waals surface area contributed by atoms with E-state index in [9.17, 15) is 18.7 Å². The Labute approximate surface area is 222 Å². The standard InChI is InChI=1S/C26H29ClF2N6O3/c1-13-7-16(36)11-35(10-13)25-30-9-18(27)23(33-25)31-15-5-6-19-17(8-15)20-21(24(37)34(19)2)38-12-26(28,29)22(32-20)14-3-4-14/h5-6,8-9,13-14,16,22,32,36H,3-4,7,10-12H2,1-2H3,(H,30,31,33)/t13-,16-,22+/m1/s1. The van der Waals surface area contributed by atoms with E-state index in [2.05, 4.69) is 27.5 Å². The van der Waals surface area contributed by atoms with Crippen molar-refractivity contribution < 1.29 is 18.6 Å². The molecule has 6 rings (SSSR count). The highest BCUT2D eigenvalue weighted by molar-refractivity contribution is 6.32. The molecule has 1 saturated carbocycles. The number of aliphatic hydroxyl groups is 1. The predicted octanol–water partition coefficient (Wildman–Crippen LogP) is 4.15. The Hall–Kier alpha value is -3.18. The molecule has 3 aliphatic rings. The van der Waals surface area contributed by atoms with Crippen LogP contribution in [0.3, 0.4) is 0 Å². The molecule has 2 aliphatic heterocycles. The summed E-state index contributed by atoms with van der Waals surface area (Å²) in [5.74, 6) is -2.29. The molecule has 3 aromatic rings. The molecular formula is C26H29ClF2N6O3. The molecule has 0 amide bonds. The lowest BCUT2D eigenvalue weighted by molar-refractivity contribution is -0.0579. The molecule has 9 nitrogen and oxygen atoms in total. The van der Waals surface area contributed by atoms with Crippen molar-refractivity contribution in [2.45, 2.75) is 44.3 Å². The minimum absolute atomic E-state index is 0.111. The third kappa shape index (κ3) is 4.51. The number of anilines is 4. The van der Waals surface area contributed by atoms with Gasteiger partial charge in [0.2, 0.25) is 11.7 Å². The van der Waals surface area contributed by atoms with Gasteiger partial charge in [0, 0.05) is 31.2 Å². The first-order valence-electron chi connectivity index (χ1n) is 12.8. The maximum absolute atomic E-state index is 14.9. The smallest absolute Gasteiger partial charge is 0.301 e. The van der Waals surface area contributed by atoms with Gasteiger partial charge in [-0.3, -0.25) is 4.79 Å². The molecular weight excluding hydrogens is 518 g/mol. The van der Waals surface area contributed by atoms with Gasteiger partial charge in [0.05, 0.1) is 29.5 Å². The number of halogens is 3. The molecule has 1 aliphatic carbocycles. The van der Waals surface area contributed by atoms with Crippen molar-refractivity contribution in [2.24, 2.45) is 18.9 Å². The average molecular weight is 547 g/mol. The Kier molecular flexibility index (Phi) is 6.10. The van der Waals surface area contributed by atoms with Crippen LogP contribution in [0, 0.1) is 11.8 Å². The molecule has 2 fully saturated rings. The van der Waals surface area contributed by atoms with E-state index < -0.39 is 30.2 Å². The summed E-state index contributed by atoms with van der Waals surface area (Å²) >= 11 is 6.42. The number of benzene rings is 1. The van der Waals surface area contributed by atoms with E-state index in [-0.39, 0.29) is 17.4 Å². The lowest BCUT2D eigenvalue weighted by Crippen LogP contribution is -2.44. The molecule has 202 valence electrons. The second kappa shape index (κ2) is 9.23. The van der Waals surface area contributed by atoms with E-state index in [4.69, 9.17) is 16.3 Å². The van der Waals surface area contributed by atoms with Crippen molar-refractivity contribution in [1.82, 2.24) is 14.5 Å². The van der Waals surface area contributed by atoms with Gasteiger partial charge in [0.15, 0.2) is 12.4 Å². The number of β-amino-alcohol motifs (C(OH)–C–C–N with tert-alkyl or cyclic N) is 1. The fraction of sp³-hybridized carbons (Fsp3) is 0.500. The van der Waals surface area contributed by atoms with E-state index in [1.165, 1.54) is 10.8 Å². The van der Waals surface area contributed by atoms with Crippen LogP contribution >= 0.6 is 11.6 Å². The van der Waals surface area contributed by atoms with E-state index in [0.717, 1.165) is 6.42 Å². The largest absolute Gasteiger partial charge is 0.480 e. The van der Waals surface area contributed by atoms with E-state index in [0.29, 0.717) is 65.2 Å². The SMILES string of the molecule is C[C@@H]1C[C@@H](O)CN(c2ncc(Cl)c(Nc3ccc4c(c3)c3c(c(=O)n4C)OCC(F)(F)[C@H](C4CC4)N3)n2)C1. The quantitative estimate of drug-likeness (QED) is 0.448. The summed E-state index contributed by atoms with van der Waals surface area (Å²) in [7, 11) is 1.59. The van der Waals surface area contributed by atoms with Crippen LogP contribution in [0.25, 0.3) is 10.9 Å². The van der Waals surface area contributed by atoms with Crippen LogP contribution in [0.2, 0.25) is 5.02 Å². The zero-order chi connectivity index (χ0) is 26.8. The van der Waals surface area contributed by atoms with Crippen molar-refractivity contribution in [3.05, 3.63) is 39.8 Å². The van der Waals surface area contributed by atoms with Gasteiger partial charge < -0.3 is 29.9 Å². The first-order valence-corrected chi connectivity index (χ1v) is 13.1. The van der Waals surface area contributed by atoms with Crippen molar-refractivity contribution in [3.63, 3.8) is 0 Å².